The van der Waals surface area contributed by atoms with E-state index < -0.39 is 5.91 Å². The summed E-state index contributed by atoms with van der Waals surface area (Å²) >= 11 is 0. The molecule has 0 saturated carbocycles. The molecule has 0 aliphatic rings. The molecular formula is C15H18N2O3. The maximum Gasteiger partial charge on any atom is 0.265 e. The third-order valence-electron chi connectivity index (χ3n) is 2.64. The van der Waals surface area contributed by atoms with Crippen molar-refractivity contribution in [2.24, 2.45) is 0 Å². The number of rotatable bonds is 7. The summed E-state index contributed by atoms with van der Waals surface area (Å²) in [6, 6.07) is 9.28. The number of nitrogens with zero attached hydrogens (tertiary/aromatic N) is 1. The Bertz CT molecular complexity index is 501. The number of benzene rings is 1. The Hall–Kier alpha value is -2.32. The molecule has 0 heterocycles. The molecule has 0 aromatic heterocycles. The van der Waals surface area contributed by atoms with Gasteiger partial charge in [0.05, 0.1) is 13.2 Å². The molecule has 0 aliphatic heterocycles. The molecule has 0 saturated heterocycles. The standard InChI is InChI=1S/C15H18N2O3/c1-2-20-11-14(9-16)15(19)17-8-7-12-3-5-13(10-18)6-4-12/h3-6,11,18H,2,7-8,10H2,1H3,(H,17,19)/b14-11-. The highest BCUT2D eigenvalue weighted by molar-refractivity contribution is 5.96. The maximum absolute atomic E-state index is 11.7. The smallest absolute Gasteiger partial charge is 0.265 e. The van der Waals surface area contributed by atoms with Crippen LogP contribution >= 0.6 is 0 Å². The van der Waals surface area contributed by atoms with Gasteiger partial charge < -0.3 is 15.2 Å². The van der Waals surface area contributed by atoms with Crippen LogP contribution in [0.1, 0.15) is 18.1 Å². The Morgan fingerprint density at radius 2 is 2.05 bits per heavy atom. The summed E-state index contributed by atoms with van der Waals surface area (Å²) in [7, 11) is 0. The Kier molecular flexibility index (Phi) is 6.87. The molecule has 5 nitrogen and oxygen atoms in total. The lowest BCUT2D eigenvalue weighted by molar-refractivity contribution is -0.117. The summed E-state index contributed by atoms with van der Waals surface area (Å²) < 4.78 is 4.93. The zero-order chi connectivity index (χ0) is 14.8. The SMILES string of the molecule is CCO/C=C(/C#N)C(=O)NCCc1ccc(CO)cc1. The Morgan fingerprint density at radius 3 is 2.60 bits per heavy atom. The molecular weight excluding hydrogens is 256 g/mol. The van der Waals surface area contributed by atoms with Crippen molar-refractivity contribution in [2.45, 2.75) is 20.0 Å². The van der Waals surface area contributed by atoms with Crippen molar-refractivity contribution in [1.82, 2.24) is 5.32 Å². The molecule has 0 unspecified atom stereocenters. The molecule has 0 spiro atoms. The molecule has 1 aromatic rings. The number of carbonyl (C=O) groups is 1. The third-order valence-corrected chi connectivity index (χ3v) is 2.64. The Morgan fingerprint density at radius 1 is 1.40 bits per heavy atom. The van der Waals surface area contributed by atoms with E-state index >= 15 is 0 Å². The normalized spacial score (nSPS) is 10.8. The number of nitrogens with one attached hydrogen (secondary N) is 1. The highest BCUT2D eigenvalue weighted by Crippen LogP contribution is 2.04. The molecule has 1 rings (SSSR count). The van der Waals surface area contributed by atoms with E-state index in [0.29, 0.717) is 19.6 Å². The van der Waals surface area contributed by atoms with E-state index in [1.807, 2.05) is 24.3 Å². The Labute approximate surface area is 118 Å². The fraction of sp³-hybridized carbons (Fsp3) is 0.333. The van der Waals surface area contributed by atoms with Gasteiger partial charge in [-0.1, -0.05) is 24.3 Å². The summed E-state index contributed by atoms with van der Waals surface area (Å²) in [6.07, 6.45) is 1.83. The highest BCUT2D eigenvalue weighted by Gasteiger charge is 2.08. The van der Waals surface area contributed by atoms with Gasteiger partial charge in [-0.05, 0) is 24.5 Å². The van der Waals surface area contributed by atoms with Crippen molar-refractivity contribution in [2.75, 3.05) is 13.2 Å². The monoisotopic (exact) mass is 274 g/mol. The van der Waals surface area contributed by atoms with E-state index in [1.54, 1.807) is 13.0 Å². The number of aliphatic hydroxyl groups is 1. The predicted octanol–water partition coefficient (Wildman–Crippen LogP) is 1.28. The predicted molar refractivity (Wildman–Crippen MR) is 74.4 cm³/mol. The third kappa shape index (κ3) is 5.12. The van der Waals surface area contributed by atoms with Crippen LogP contribution in [0.25, 0.3) is 0 Å². The molecule has 1 aromatic carbocycles. The number of ether oxygens (including phenoxy) is 1. The fourth-order valence-corrected chi connectivity index (χ4v) is 1.52. The van der Waals surface area contributed by atoms with Crippen LogP contribution in [0.3, 0.4) is 0 Å². The molecule has 1 amide bonds. The molecule has 0 radical (unpaired) electrons. The van der Waals surface area contributed by atoms with Crippen LogP contribution < -0.4 is 5.32 Å². The average Bonchev–Trinajstić information content (AvgIpc) is 2.48. The van der Waals surface area contributed by atoms with Gasteiger partial charge in [0.25, 0.3) is 5.91 Å². The van der Waals surface area contributed by atoms with Crippen molar-refractivity contribution < 1.29 is 14.6 Å². The van der Waals surface area contributed by atoms with E-state index in [2.05, 4.69) is 5.32 Å². The molecule has 5 heteroatoms. The average molecular weight is 274 g/mol. The van der Waals surface area contributed by atoms with Crippen molar-refractivity contribution >= 4 is 5.91 Å². The van der Waals surface area contributed by atoms with E-state index in [4.69, 9.17) is 15.1 Å². The molecule has 106 valence electrons. The summed E-state index contributed by atoms with van der Waals surface area (Å²) in [4.78, 5) is 11.7. The second-order valence-corrected chi connectivity index (χ2v) is 4.08. The van der Waals surface area contributed by atoms with Gasteiger partial charge in [0.1, 0.15) is 12.3 Å². The topological polar surface area (TPSA) is 82.3 Å². The van der Waals surface area contributed by atoms with Gasteiger partial charge in [-0.2, -0.15) is 5.26 Å². The van der Waals surface area contributed by atoms with Gasteiger partial charge in [0.15, 0.2) is 5.57 Å². The number of carbonyl (C=O) groups excluding carboxylic acids is 1. The first-order valence-electron chi connectivity index (χ1n) is 6.40. The maximum atomic E-state index is 11.7. The number of hydrogen-bond acceptors (Lipinski definition) is 4. The molecule has 0 fully saturated rings. The molecule has 0 bridgehead atoms. The van der Waals surface area contributed by atoms with Crippen LogP contribution in [0, 0.1) is 11.3 Å². The van der Waals surface area contributed by atoms with Gasteiger partial charge in [0.2, 0.25) is 0 Å². The quantitative estimate of drug-likeness (QED) is 0.446. The zero-order valence-corrected chi connectivity index (χ0v) is 11.4. The van der Waals surface area contributed by atoms with Crippen LogP contribution in [0.15, 0.2) is 36.1 Å². The van der Waals surface area contributed by atoms with Gasteiger partial charge in [-0.15, -0.1) is 0 Å². The van der Waals surface area contributed by atoms with E-state index in [1.165, 1.54) is 6.26 Å². The number of amides is 1. The van der Waals surface area contributed by atoms with E-state index in [0.717, 1.165) is 11.1 Å². The van der Waals surface area contributed by atoms with Crippen LogP contribution in [-0.2, 0) is 22.6 Å². The number of nitriles is 1. The second-order valence-electron chi connectivity index (χ2n) is 4.08. The van der Waals surface area contributed by atoms with Crippen LogP contribution in [0.5, 0.6) is 0 Å². The van der Waals surface area contributed by atoms with Crippen molar-refractivity contribution in [1.29, 1.82) is 5.26 Å². The van der Waals surface area contributed by atoms with Crippen molar-refractivity contribution in [3.63, 3.8) is 0 Å². The first kappa shape index (κ1) is 15.7. The first-order valence-corrected chi connectivity index (χ1v) is 6.40. The zero-order valence-electron chi connectivity index (χ0n) is 11.4. The number of aliphatic hydroxyl groups excluding tert-OH is 1. The minimum atomic E-state index is -0.437. The summed E-state index contributed by atoms with van der Waals surface area (Å²) in [5, 5.41) is 20.4. The largest absolute Gasteiger partial charge is 0.500 e. The Balaban J connectivity index is 2.43. The fourth-order valence-electron chi connectivity index (χ4n) is 1.52. The molecule has 0 atom stereocenters. The summed E-state index contributed by atoms with van der Waals surface area (Å²) in [5.74, 6) is -0.437. The summed E-state index contributed by atoms with van der Waals surface area (Å²) in [5.41, 5.74) is 1.86. The van der Waals surface area contributed by atoms with Crippen LogP contribution in [-0.4, -0.2) is 24.2 Å². The van der Waals surface area contributed by atoms with Gasteiger partial charge in [-0.25, -0.2) is 0 Å². The number of hydrogen-bond donors (Lipinski definition) is 2. The minimum absolute atomic E-state index is 0.0186. The van der Waals surface area contributed by atoms with Gasteiger partial charge in [0, 0.05) is 6.54 Å². The first-order chi connectivity index (χ1) is 9.71. The lowest BCUT2D eigenvalue weighted by Crippen LogP contribution is -2.26. The highest BCUT2D eigenvalue weighted by atomic mass is 16.5. The molecule has 2 N–H and O–H groups in total. The van der Waals surface area contributed by atoms with Gasteiger partial charge >= 0.3 is 0 Å². The summed E-state index contributed by atoms with van der Waals surface area (Å²) in [6.45, 7) is 2.64. The lowest BCUT2D eigenvalue weighted by Gasteiger charge is -2.05. The van der Waals surface area contributed by atoms with Crippen LogP contribution in [0.4, 0.5) is 0 Å². The van der Waals surface area contributed by atoms with Gasteiger partial charge in [-0.3, -0.25) is 4.79 Å². The van der Waals surface area contributed by atoms with E-state index in [-0.39, 0.29) is 12.2 Å². The van der Waals surface area contributed by atoms with Crippen molar-refractivity contribution in [3.8, 4) is 6.07 Å². The van der Waals surface area contributed by atoms with E-state index in [9.17, 15) is 4.79 Å². The molecule has 0 aliphatic carbocycles. The van der Waals surface area contributed by atoms with Crippen molar-refractivity contribution in [3.05, 3.63) is 47.2 Å². The lowest BCUT2D eigenvalue weighted by atomic mass is 10.1. The minimum Gasteiger partial charge on any atom is -0.500 e. The second kappa shape index (κ2) is 8.73. The molecule has 20 heavy (non-hydrogen) atoms. The van der Waals surface area contributed by atoms with Crippen LogP contribution in [0.2, 0.25) is 0 Å².